The third-order valence-corrected chi connectivity index (χ3v) is 5.27. The highest BCUT2D eigenvalue weighted by Gasteiger charge is 2.31. The van der Waals surface area contributed by atoms with Crippen LogP contribution < -0.4 is 15.5 Å². The predicted octanol–water partition coefficient (Wildman–Crippen LogP) is 1.28. The smallest absolute Gasteiger partial charge is 0.325 e. The SMILES string of the molecule is CSCCC(NC(=O)N1CCn2c1nc1ccccc12)C(=O)NC(C)C(=O)O. The van der Waals surface area contributed by atoms with Crippen molar-refractivity contribution >= 4 is 46.7 Å². The molecule has 1 aromatic heterocycles. The molecule has 0 fully saturated rings. The molecule has 0 radical (unpaired) electrons. The molecule has 10 heteroatoms. The van der Waals surface area contributed by atoms with Crippen LogP contribution in [-0.2, 0) is 16.1 Å². The molecule has 0 saturated carbocycles. The summed E-state index contributed by atoms with van der Waals surface area (Å²) in [7, 11) is 0. The van der Waals surface area contributed by atoms with Gasteiger partial charge in [-0.25, -0.2) is 9.78 Å². The van der Waals surface area contributed by atoms with Crippen molar-refractivity contribution < 1.29 is 19.5 Å². The number of nitrogens with zero attached hydrogens (tertiary/aromatic N) is 3. The van der Waals surface area contributed by atoms with Crippen molar-refractivity contribution in [2.45, 2.75) is 32.0 Å². The Kier molecular flexibility index (Phi) is 6.08. The van der Waals surface area contributed by atoms with Crippen LogP contribution in [0.15, 0.2) is 24.3 Å². The van der Waals surface area contributed by atoms with E-state index in [1.165, 1.54) is 11.8 Å². The van der Waals surface area contributed by atoms with Crippen molar-refractivity contribution in [1.82, 2.24) is 20.2 Å². The highest BCUT2D eigenvalue weighted by atomic mass is 32.2. The van der Waals surface area contributed by atoms with E-state index in [1.54, 1.807) is 11.8 Å². The van der Waals surface area contributed by atoms with E-state index in [-0.39, 0.29) is 0 Å². The number of anilines is 1. The molecule has 2 heterocycles. The molecule has 9 nitrogen and oxygen atoms in total. The summed E-state index contributed by atoms with van der Waals surface area (Å²) < 4.78 is 1.97. The number of para-hydroxylation sites is 2. The van der Waals surface area contributed by atoms with Crippen LogP contribution in [0.1, 0.15) is 13.3 Å². The van der Waals surface area contributed by atoms with Gasteiger partial charge >= 0.3 is 12.0 Å². The fourth-order valence-electron chi connectivity index (χ4n) is 3.09. The lowest BCUT2D eigenvalue weighted by Crippen LogP contribution is -2.53. The van der Waals surface area contributed by atoms with E-state index in [4.69, 9.17) is 5.11 Å². The van der Waals surface area contributed by atoms with Crippen molar-refractivity contribution in [2.24, 2.45) is 0 Å². The Balaban J connectivity index is 1.74. The lowest BCUT2D eigenvalue weighted by Gasteiger charge is -2.22. The first kappa shape index (κ1) is 20.0. The quantitative estimate of drug-likeness (QED) is 0.639. The average Bonchev–Trinajstić information content (AvgIpc) is 3.23. The summed E-state index contributed by atoms with van der Waals surface area (Å²) in [6.45, 7) is 2.47. The fourth-order valence-corrected chi connectivity index (χ4v) is 3.56. The Bertz CT molecular complexity index is 899. The number of amides is 3. The van der Waals surface area contributed by atoms with Gasteiger partial charge in [0.2, 0.25) is 11.9 Å². The van der Waals surface area contributed by atoms with E-state index in [0.29, 0.717) is 31.2 Å². The van der Waals surface area contributed by atoms with Crippen LogP contribution in [0.2, 0.25) is 0 Å². The summed E-state index contributed by atoms with van der Waals surface area (Å²) >= 11 is 1.55. The fraction of sp³-hybridized carbons (Fsp3) is 0.444. The van der Waals surface area contributed by atoms with Crippen LogP contribution in [0.3, 0.4) is 0 Å². The second-order valence-corrected chi connectivity index (χ2v) is 7.54. The van der Waals surface area contributed by atoms with Gasteiger partial charge in [-0.2, -0.15) is 11.8 Å². The Morgan fingerprint density at radius 2 is 2.00 bits per heavy atom. The average molecular weight is 405 g/mol. The minimum absolute atomic E-state index is 0.398. The monoisotopic (exact) mass is 405 g/mol. The number of carbonyl (C=O) groups is 3. The summed E-state index contributed by atoms with van der Waals surface area (Å²) in [4.78, 5) is 42.3. The van der Waals surface area contributed by atoms with Crippen molar-refractivity contribution in [2.75, 3.05) is 23.5 Å². The zero-order valence-corrected chi connectivity index (χ0v) is 16.5. The summed E-state index contributed by atoms with van der Waals surface area (Å²) in [5.41, 5.74) is 1.77. The molecule has 3 N–H and O–H groups in total. The van der Waals surface area contributed by atoms with Gasteiger partial charge in [-0.1, -0.05) is 12.1 Å². The van der Waals surface area contributed by atoms with Crippen LogP contribution in [0.5, 0.6) is 0 Å². The Hall–Kier alpha value is -2.75. The number of fused-ring (bicyclic) bond motifs is 3. The minimum Gasteiger partial charge on any atom is -0.480 e. The van der Waals surface area contributed by atoms with E-state index in [2.05, 4.69) is 15.6 Å². The largest absolute Gasteiger partial charge is 0.480 e. The standard InChI is InChI=1S/C18H23N5O4S/c1-11(16(25)26)19-15(24)13(7-10-28-2)21-18(27)23-9-8-22-14-6-4-3-5-12(14)20-17(22)23/h3-6,11,13H,7-10H2,1-2H3,(H,19,24)(H,21,27)(H,25,26). The molecule has 0 saturated heterocycles. The van der Waals surface area contributed by atoms with E-state index < -0.39 is 30.0 Å². The van der Waals surface area contributed by atoms with E-state index >= 15 is 0 Å². The summed E-state index contributed by atoms with van der Waals surface area (Å²) in [5, 5.41) is 14.2. The zero-order chi connectivity index (χ0) is 20.3. The first-order valence-corrected chi connectivity index (χ1v) is 10.4. The number of imidazole rings is 1. The molecule has 2 atom stereocenters. The van der Waals surface area contributed by atoms with Gasteiger partial charge in [0.05, 0.1) is 11.0 Å². The molecule has 3 amide bonds. The molecule has 3 rings (SSSR count). The number of carbonyl (C=O) groups excluding carboxylic acids is 2. The number of carboxylic acids is 1. The lowest BCUT2D eigenvalue weighted by molar-refractivity contribution is -0.141. The normalized spacial score (nSPS) is 15.1. The minimum atomic E-state index is -1.13. The summed E-state index contributed by atoms with van der Waals surface area (Å²) in [5.74, 6) is -0.443. The van der Waals surface area contributed by atoms with Crippen LogP contribution in [0.25, 0.3) is 11.0 Å². The van der Waals surface area contributed by atoms with Crippen LogP contribution in [-0.4, -0.2) is 63.2 Å². The molecule has 1 aromatic carbocycles. The highest BCUT2D eigenvalue weighted by Crippen LogP contribution is 2.27. The molecule has 0 spiro atoms. The molecule has 0 bridgehead atoms. The van der Waals surface area contributed by atoms with Crippen LogP contribution in [0, 0.1) is 0 Å². The third-order valence-electron chi connectivity index (χ3n) is 4.62. The number of hydrogen-bond donors (Lipinski definition) is 3. The first-order valence-electron chi connectivity index (χ1n) is 8.97. The van der Waals surface area contributed by atoms with Crippen LogP contribution in [0.4, 0.5) is 10.7 Å². The number of aromatic nitrogens is 2. The Morgan fingerprint density at radius 3 is 2.71 bits per heavy atom. The number of carboxylic acid groups (broad SMARTS) is 1. The maximum atomic E-state index is 12.8. The van der Waals surface area contributed by atoms with E-state index in [0.717, 1.165) is 11.0 Å². The van der Waals surface area contributed by atoms with Gasteiger partial charge in [0.25, 0.3) is 0 Å². The number of rotatable bonds is 7. The van der Waals surface area contributed by atoms with Gasteiger partial charge < -0.3 is 20.3 Å². The van der Waals surface area contributed by atoms with Crippen molar-refractivity contribution in [3.05, 3.63) is 24.3 Å². The number of thioether (sulfide) groups is 1. The second-order valence-electron chi connectivity index (χ2n) is 6.56. The second kappa shape index (κ2) is 8.51. The molecule has 2 unspecified atom stereocenters. The summed E-state index contributed by atoms with van der Waals surface area (Å²) in [6, 6.07) is 5.39. The third kappa shape index (κ3) is 4.06. The molecule has 28 heavy (non-hydrogen) atoms. The van der Waals surface area contributed by atoms with Crippen LogP contribution >= 0.6 is 11.8 Å². The maximum absolute atomic E-state index is 12.8. The number of hydrogen-bond acceptors (Lipinski definition) is 5. The highest BCUT2D eigenvalue weighted by molar-refractivity contribution is 7.98. The molecule has 1 aliphatic rings. The van der Waals surface area contributed by atoms with Gasteiger partial charge in [-0.15, -0.1) is 0 Å². The van der Waals surface area contributed by atoms with Crippen molar-refractivity contribution in [1.29, 1.82) is 0 Å². The number of benzene rings is 1. The maximum Gasteiger partial charge on any atom is 0.325 e. The molecule has 150 valence electrons. The van der Waals surface area contributed by atoms with Gasteiger partial charge in [-0.3, -0.25) is 14.5 Å². The molecular weight excluding hydrogens is 382 g/mol. The number of aliphatic carboxylic acids is 1. The number of nitrogens with one attached hydrogen (secondary N) is 2. The van der Waals surface area contributed by atoms with Gasteiger partial charge in [0.15, 0.2) is 0 Å². The van der Waals surface area contributed by atoms with Gasteiger partial charge in [0, 0.05) is 13.1 Å². The van der Waals surface area contributed by atoms with Crippen molar-refractivity contribution in [3.8, 4) is 0 Å². The zero-order valence-electron chi connectivity index (χ0n) is 15.7. The predicted molar refractivity (Wildman–Crippen MR) is 108 cm³/mol. The first-order chi connectivity index (χ1) is 13.4. The molecular formula is C18H23N5O4S. The van der Waals surface area contributed by atoms with Crippen molar-refractivity contribution in [3.63, 3.8) is 0 Å². The number of urea groups is 1. The van der Waals surface area contributed by atoms with E-state index in [1.807, 2.05) is 35.1 Å². The Labute approximate surface area is 166 Å². The Morgan fingerprint density at radius 1 is 1.25 bits per heavy atom. The lowest BCUT2D eigenvalue weighted by atomic mass is 10.2. The van der Waals surface area contributed by atoms with Gasteiger partial charge in [0.1, 0.15) is 12.1 Å². The molecule has 0 aliphatic carbocycles. The van der Waals surface area contributed by atoms with E-state index in [9.17, 15) is 14.4 Å². The summed E-state index contributed by atoms with van der Waals surface area (Å²) in [6.07, 6.45) is 2.30. The molecule has 2 aromatic rings. The molecule has 1 aliphatic heterocycles. The van der Waals surface area contributed by atoms with Gasteiger partial charge in [-0.05, 0) is 37.5 Å². The topological polar surface area (TPSA) is 117 Å².